The molecule has 6 nitrogen and oxygen atoms in total. The predicted molar refractivity (Wildman–Crippen MR) is 102 cm³/mol. The molecule has 2 atom stereocenters. The molecule has 3 aromatic rings. The third kappa shape index (κ3) is 3.99. The van der Waals surface area contributed by atoms with Crippen molar-refractivity contribution in [2.24, 2.45) is 0 Å². The first-order chi connectivity index (χ1) is 12.6. The van der Waals surface area contributed by atoms with E-state index in [1.165, 1.54) is 11.8 Å². The maximum atomic E-state index is 12.6. The van der Waals surface area contributed by atoms with Gasteiger partial charge in [-0.2, -0.15) is 0 Å². The lowest BCUT2D eigenvalue weighted by Crippen LogP contribution is -2.33. The van der Waals surface area contributed by atoms with Crippen molar-refractivity contribution >= 4 is 17.7 Å². The first-order valence-corrected chi connectivity index (χ1v) is 9.47. The minimum atomic E-state index is -0.292. The predicted octanol–water partition coefficient (Wildman–Crippen LogP) is 3.92. The lowest BCUT2D eigenvalue weighted by molar-refractivity contribution is -0.120. The second kappa shape index (κ2) is 8.23. The fraction of sp³-hybridized carbons (Fsp3) is 0.316. The van der Waals surface area contributed by atoms with Gasteiger partial charge in [0.05, 0.1) is 17.6 Å². The molecule has 2 aromatic heterocycles. The summed E-state index contributed by atoms with van der Waals surface area (Å²) in [6, 6.07) is 13.5. The monoisotopic (exact) mass is 370 g/mol. The highest BCUT2D eigenvalue weighted by molar-refractivity contribution is 8.00. The van der Waals surface area contributed by atoms with E-state index in [0.29, 0.717) is 23.3 Å². The second-order valence-corrected chi connectivity index (χ2v) is 7.24. The zero-order valence-corrected chi connectivity index (χ0v) is 15.9. The number of benzene rings is 1. The third-order valence-electron chi connectivity index (χ3n) is 4.08. The fourth-order valence-corrected chi connectivity index (χ4v) is 3.54. The first kappa shape index (κ1) is 18.3. The summed E-state index contributed by atoms with van der Waals surface area (Å²) in [5.74, 6) is 1.31. The topological polar surface area (TPSA) is 73.0 Å². The van der Waals surface area contributed by atoms with E-state index < -0.39 is 0 Å². The molecular formula is C19H22N4O2S. The number of aromatic nitrogens is 3. The molecule has 7 heteroatoms. The van der Waals surface area contributed by atoms with Crippen molar-refractivity contribution in [2.75, 3.05) is 0 Å². The summed E-state index contributed by atoms with van der Waals surface area (Å²) >= 11 is 1.39. The molecule has 2 heterocycles. The van der Waals surface area contributed by atoms with Gasteiger partial charge in [0.25, 0.3) is 0 Å². The van der Waals surface area contributed by atoms with Gasteiger partial charge in [0.2, 0.25) is 5.91 Å². The number of nitrogens with one attached hydrogen (secondary N) is 1. The number of carbonyl (C=O) groups is 1. The molecule has 2 unspecified atom stereocenters. The first-order valence-electron chi connectivity index (χ1n) is 8.59. The van der Waals surface area contributed by atoms with Gasteiger partial charge in [-0.25, -0.2) is 0 Å². The molecule has 0 aliphatic carbocycles. The van der Waals surface area contributed by atoms with Crippen molar-refractivity contribution in [1.29, 1.82) is 0 Å². The minimum absolute atomic E-state index is 0.0310. The summed E-state index contributed by atoms with van der Waals surface area (Å²) in [6.07, 6.45) is 1.61. The van der Waals surface area contributed by atoms with E-state index in [9.17, 15) is 4.79 Å². The maximum Gasteiger partial charge on any atom is 0.233 e. The van der Waals surface area contributed by atoms with Gasteiger partial charge < -0.3 is 9.73 Å². The molecule has 0 radical (unpaired) electrons. The molecule has 1 aromatic carbocycles. The molecular weight excluding hydrogens is 348 g/mol. The number of carbonyl (C=O) groups excluding carboxylic acids is 1. The average molecular weight is 370 g/mol. The number of thioether (sulfide) groups is 1. The van der Waals surface area contributed by atoms with Gasteiger partial charge in [-0.3, -0.25) is 9.36 Å². The molecule has 1 amide bonds. The van der Waals surface area contributed by atoms with E-state index >= 15 is 0 Å². The molecule has 136 valence electrons. The van der Waals surface area contributed by atoms with Crippen LogP contribution >= 0.6 is 11.8 Å². The zero-order chi connectivity index (χ0) is 18.5. The highest BCUT2D eigenvalue weighted by atomic mass is 32.2. The molecule has 0 bridgehead atoms. The van der Waals surface area contributed by atoms with Crippen LogP contribution in [0.5, 0.6) is 0 Å². The molecule has 1 N–H and O–H groups in total. The minimum Gasteiger partial charge on any atom is -0.461 e. The SMILES string of the molecule is CCn1c(SC(C)C(=O)NC(C)c2ccccc2)nnc1-c1ccco1. The summed E-state index contributed by atoms with van der Waals surface area (Å²) in [5, 5.41) is 11.9. The smallest absolute Gasteiger partial charge is 0.233 e. The van der Waals surface area contributed by atoms with Crippen LogP contribution in [0.2, 0.25) is 0 Å². The van der Waals surface area contributed by atoms with Gasteiger partial charge in [-0.1, -0.05) is 42.1 Å². The van der Waals surface area contributed by atoms with Gasteiger partial charge in [0.1, 0.15) is 0 Å². The van der Waals surface area contributed by atoms with Crippen molar-refractivity contribution in [2.45, 2.75) is 43.8 Å². The number of hydrogen-bond donors (Lipinski definition) is 1. The fourth-order valence-electron chi connectivity index (χ4n) is 2.62. The van der Waals surface area contributed by atoms with Crippen LogP contribution in [0.25, 0.3) is 11.6 Å². The summed E-state index contributed by atoms with van der Waals surface area (Å²) in [6.45, 7) is 6.56. The normalized spacial score (nSPS) is 13.3. The molecule has 0 spiro atoms. The zero-order valence-electron chi connectivity index (χ0n) is 15.0. The van der Waals surface area contributed by atoms with Crippen LogP contribution in [0.4, 0.5) is 0 Å². The number of rotatable bonds is 7. The number of nitrogens with zero attached hydrogens (tertiary/aromatic N) is 3. The van der Waals surface area contributed by atoms with Crippen LogP contribution in [0.15, 0.2) is 58.3 Å². The lowest BCUT2D eigenvalue weighted by Gasteiger charge is -2.17. The summed E-state index contributed by atoms with van der Waals surface area (Å²) in [5.41, 5.74) is 1.08. The van der Waals surface area contributed by atoms with Crippen LogP contribution in [-0.2, 0) is 11.3 Å². The maximum absolute atomic E-state index is 12.6. The molecule has 26 heavy (non-hydrogen) atoms. The van der Waals surface area contributed by atoms with Gasteiger partial charge in [0.15, 0.2) is 16.7 Å². The van der Waals surface area contributed by atoms with Crippen molar-refractivity contribution in [1.82, 2.24) is 20.1 Å². The second-order valence-electron chi connectivity index (χ2n) is 5.93. The molecule has 3 rings (SSSR count). The van der Waals surface area contributed by atoms with Gasteiger partial charge >= 0.3 is 0 Å². The van der Waals surface area contributed by atoms with Crippen LogP contribution in [0.3, 0.4) is 0 Å². The number of amides is 1. The molecule has 0 fully saturated rings. The van der Waals surface area contributed by atoms with Crippen molar-refractivity contribution in [3.8, 4) is 11.6 Å². The number of furan rings is 1. The van der Waals surface area contributed by atoms with Crippen LogP contribution in [0, 0.1) is 0 Å². The van der Waals surface area contributed by atoms with Gasteiger partial charge in [0, 0.05) is 6.54 Å². The van der Waals surface area contributed by atoms with Gasteiger partial charge in [-0.05, 0) is 38.5 Å². The highest BCUT2D eigenvalue weighted by Crippen LogP contribution is 2.27. The quantitative estimate of drug-likeness (QED) is 0.638. The van der Waals surface area contributed by atoms with Crippen molar-refractivity contribution in [3.05, 3.63) is 54.3 Å². The van der Waals surface area contributed by atoms with Crippen LogP contribution in [-0.4, -0.2) is 25.9 Å². The standard InChI is InChI=1S/C19H22N4O2S/c1-4-23-17(16-11-8-12-25-16)21-22-19(23)26-14(3)18(24)20-13(2)15-9-6-5-7-10-15/h5-14H,4H2,1-3H3,(H,20,24). The Morgan fingerprint density at radius 1 is 1.19 bits per heavy atom. The molecule has 0 saturated carbocycles. The summed E-state index contributed by atoms with van der Waals surface area (Å²) in [4.78, 5) is 12.6. The Labute approximate surface area is 157 Å². The Hall–Kier alpha value is -2.54. The number of hydrogen-bond acceptors (Lipinski definition) is 5. The van der Waals surface area contributed by atoms with Gasteiger partial charge in [-0.15, -0.1) is 10.2 Å². The molecule has 0 aliphatic rings. The largest absolute Gasteiger partial charge is 0.461 e. The highest BCUT2D eigenvalue weighted by Gasteiger charge is 2.22. The van der Waals surface area contributed by atoms with Crippen LogP contribution < -0.4 is 5.32 Å². The van der Waals surface area contributed by atoms with Crippen LogP contribution in [0.1, 0.15) is 32.4 Å². The van der Waals surface area contributed by atoms with E-state index in [2.05, 4.69) is 15.5 Å². The molecule has 0 aliphatic heterocycles. The Morgan fingerprint density at radius 3 is 2.62 bits per heavy atom. The van der Waals surface area contributed by atoms with Crippen molar-refractivity contribution < 1.29 is 9.21 Å². The Morgan fingerprint density at radius 2 is 1.96 bits per heavy atom. The van der Waals surface area contributed by atoms with Crippen molar-refractivity contribution in [3.63, 3.8) is 0 Å². The Kier molecular flexibility index (Phi) is 5.78. The molecule has 0 saturated heterocycles. The Bertz CT molecular complexity index is 846. The Balaban J connectivity index is 1.68. The van der Waals surface area contributed by atoms with E-state index in [-0.39, 0.29) is 17.2 Å². The van der Waals surface area contributed by atoms with E-state index in [1.807, 2.05) is 67.8 Å². The average Bonchev–Trinajstić information content (AvgIpc) is 3.31. The summed E-state index contributed by atoms with van der Waals surface area (Å²) < 4.78 is 7.37. The lowest BCUT2D eigenvalue weighted by atomic mass is 10.1. The third-order valence-corrected chi connectivity index (χ3v) is 5.16. The van der Waals surface area contributed by atoms with E-state index in [4.69, 9.17) is 4.42 Å². The van der Waals surface area contributed by atoms with E-state index in [1.54, 1.807) is 6.26 Å². The summed E-state index contributed by atoms with van der Waals surface area (Å²) in [7, 11) is 0. The van der Waals surface area contributed by atoms with E-state index in [0.717, 1.165) is 5.56 Å².